The summed E-state index contributed by atoms with van der Waals surface area (Å²) in [6.07, 6.45) is 0.291. The van der Waals surface area contributed by atoms with E-state index in [4.69, 9.17) is 14.2 Å². The number of hydrogen-bond donors (Lipinski definition) is 1. The second kappa shape index (κ2) is 8.61. The summed E-state index contributed by atoms with van der Waals surface area (Å²) >= 11 is 0. The lowest BCUT2D eigenvalue weighted by atomic mass is 9.84. The number of hydrogen-bond acceptors (Lipinski definition) is 4. The smallest absolute Gasteiger partial charge is 0.224 e. The molecule has 0 atom stereocenters. The van der Waals surface area contributed by atoms with E-state index in [9.17, 15) is 4.79 Å². The molecule has 2 rings (SSSR count). The van der Waals surface area contributed by atoms with Gasteiger partial charge in [0.25, 0.3) is 0 Å². The summed E-state index contributed by atoms with van der Waals surface area (Å²) in [7, 11) is 4.82. The molecule has 5 heteroatoms. The van der Waals surface area contributed by atoms with Gasteiger partial charge in [-0.1, -0.05) is 32.0 Å². The molecule has 0 saturated carbocycles. The van der Waals surface area contributed by atoms with Crippen molar-refractivity contribution in [2.24, 2.45) is 0 Å². The van der Waals surface area contributed by atoms with Crippen LogP contribution < -0.4 is 19.5 Å². The number of ether oxygens (including phenoxy) is 3. The Morgan fingerprint density at radius 3 is 2.15 bits per heavy atom. The van der Waals surface area contributed by atoms with Crippen molar-refractivity contribution in [2.75, 3.05) is 27.9 Å². The standard InChI is InChI=1S/C21H27NO4/c1-21(2,16-7-9-17(24-3)10-8-16)14-22-20(23)13-15-6-11-18(25-4)19(12-15)26-5/h6-12H,13-14H2,1-5H3,(H,22,23). The quantitative estimate of drug-likeness (QED) is 0.787. The molecule has 0 heterocycles. The number of carbonyl (C=O) groups is 1. The third kappa shape index (κ3) is 4.91. The fraction of sp³-hybridized carbons (Fsp3) is 0.381. The first-order chi connectivity index (χ1) is 12.4. The van der Waals surface area contributed by atoms with E-state index in [0.29, 0.717) is 24.5 Å². The van der Waals surface area contributed by atoms with Gasteiger partial charge >= 0.3 is 0 Å². The summed E-state index contributed by atoms with van der Waals surface area (Å²) < 4.78 is 15.7. The van der Waals surface area contributed by atoms with Gasteiger partial charge in [0.2, 0.25) is 5.91 Å². The first-order valence-electron chi connectivity index (χ1n) is 8.51. The minimum Gasteiger partial charge on any atom is -0.497 e. The molecule has 5 nitrogen and oxygen atoms in total. The average molecular weight is 357 g/mol. The average Bonchev–Trinajstić information content (AvgIpc) is 2.66. The number of nitrogens with one attached hydrogen (secondary N) is 1. The number of carbonyl (C=O) groups excluding carboxylic acids is 1. The fourth-order valence-corrected chi connectivity index (χ4v) is 2.70. The zero-order valence-electron chi connectivity index (χ0n) is 16.1. The Morgan fingerprint density at radius 2 is 1.58 bits per heavy atom. The molecule has 0 aromatic heterocycles. The maximum absolute atomic E-state index is 12.3. The first kappa shape index (κ1) is 19.6. The van der Waals surface area contributed by atoms with Gasteiger partial charge in [-0.15, -0.1) is 0 Å². The van der Waals surface area contributed by atoms with Crippen molar-refractivity contribution in [3.63, 3.8) is 0 Å². The van der Waals surface area contributed by atoms with Gasteiger partial charge in [-0.25, -0.2) is 0 Å². The summed E-state index contributed by atoms with van der Waals surface area (Å²) in [6.45, 7) is 4.75. The van der Waals surface area contributed by atoms with Gasteiger partial charge in [0.05, 0.1) is 27.8 Å². The number of rotatable bonds is 8. The van der Waals surface area contributed by atoms with Crippen LogP contribution >= 0.6 is 0 Å². The molecular weight excluding hydrogens is 330 g/mol. The van der Waals surface area contributed by atoms with Crippen LogP contribution in [0, 0.1) is 0 Å². The summed E-state index contributed by atoms with van der Waals surface area (Å²) in [5, 5.41) is 3.02. The van der Waals surface area contributed by atoms with E-state index in [1.807, 2.05) is 42.5 Å². The molecule has 0 aliphatic rings. The largest absolute Gasteiger partial charge is 0.497 e. The van der Waals surface area contributed by atoms with E-state index in [-0.39, 0.29) is 11.3 Å². The molecular formula is C21H27NO4. The molecule has 1 amide bonds. The van der Waals surface area contributed by atoms with Gasteiger partial charge in [-0.2, -0.15) is 0 Å². The lowest BCUT2D eigenvalue weighted by Gasteiger charge is -2.26. The lowest BCUT2D eigenvalue weighted by Crippen LogP contribution is -2.37. The summed E-state index contributed by atoms with van der Waals surface area (Å²) in [5.74, 6) is 2.06. The van der Waals surface area contributed by atoms with Crippen molar-refractivity contribution in [3.05, 3.63) is 53.6 Å². The van der Waals surface area contributed by atoms with Crippen molar-refractivity contribution < 1.29 is 19.0 Å². The van der Waals surface area contributed by atoms with E-state index >= 15 is 0 Å². The monoisotopic (exact) mass is 357 g/mol. The Morgan fingerprint density at radius 1 is 0.923 bits per heavy atom. The fourth-order valence-electron chi connectivity index (χ4n) is 2.70. The molecule has 1 N–H and O–H groups in total. The van der Waals surface area contributed by atoms with Crippen LogP contribution in [0.2, 0.25) is 0 Å². The molecule has 0 spiro atoms. The highest BCUT2D eigenvalue weighted by Crippen LogP contribution is 2.28. The summed E-state index contributed by atoms with van der Waals surface area (Å²) in [4.78, 5) is 12.3. The molecule has 0 fully saturated rings. The van der Waals surface area contributed by atoms with Gasteiger partial charge in [0.15, 0.2) is 11.5 Å². The zero-order valence-corrected chi connectivity index (χ0v) is 16.1. The Hall–Kier alpha value is -2.69. The summed E-state index contributed by atoms with van der Waals surface area (Å²) in [5.41, 5.74) is 1.84. The molecule has 0 radical (unpaired) electrons. The first-order valence-corrected chi connectivity index (χ1v) is 8.51. The van der Waals surface area contributed by atoms with Crippen LogP contribution in [0.15, 0.2) is 42.5 Å². The highest BCUT2D eigenvalue weighted by atomic mass is 16.5. The van der Waals surface area contributed by atoms with Gasteiger partial charge < -0.3 is 19.5 Å². The van der Waals surface area contributed by atoms with Crippen LogP contribution in [-0.2, 0) is 16.6 Å². The molecule has 2 aromatic carbocycles. The predicted octanol–water partition coefficient (Wildman–Crippen LogP) is 3.35. The maximum atomic E-state index is 12.3. The molecule has 0 saturated heterocycles. The molecule has 140 valence electrons. The van der Waals surface area contributed by atoms with Crippen molar-refractivity contribution in [1.82, 2.24) is 5.32 Å². The van der Waals surface area contributed by atoms with Crippen molar-refractivity contribution in [3.8, 4) is 17.2 Å². The lowest BCUT2D eigenvalue weighted by molar-refractivity contribution is -0.120. The van der Waals surface area contributed by atoms with Gasteiger partial charge in [-0.3, -0.25) is 4.79 Å². The summed E-state index contributed by atoms with van der Waals surface area (Å²) in [6, 6.07) is 13.4. The zero-order chi connectivity index (χ0) is 19.2. The molecule has 0 bridgehead atoms. The van der Waals surface area contributed by atoms with Crippen molar-refractivity contribution in [2.45, 2.75) is 25.7 Å². The minimum atomic E-state index is -0.181. The van der Waals surface area contributed by atoms with E-state index in [1.165, 1.54) is 0 Å². The van der Waals surface area contributed by atoms with E-state index in [0.717, 1.165) is 16.9 Å². The van der Waals surface area contributed by atoms with Crippen LogP contribution in [0.3, 0.4) is 0 Å². The molecule has 0 aliphatic carbocycles. The maximum Gasteiger partial charge on any atom is 0.224 e. The van der Waals surface area contributed by atoms with Crippen molar-refractivity contribution >= 4 is 5.91 Å². The predicted molar refractivity (Wildman–Crippen MR) is 102 cm³/mol. The second-order valence-electron chi connectivity index (χ2n) is 6.76. The molecule has 0 aliphatic heterocycles. The minimum absolute atomic E-state index is 0.0289. The SMILES string of the molecule is COc1ccc(C(C)(C)CNC(=O)Cc2ccc(OC)c(OC)c2)cc1. The van der Waals surface area contributed by atoms with E-state index in [1.54, 1.807) is 21.3 Å². The molecule has 0 unspecified atom stereocenters. The Bertz CT molecular complexity index is 738. The van der Waals surface area contributed by atoms with E-state index in [2.05, 4.69) is 19.2 Å². The van der Waals surface area contributed by atoms with Crippen LogP contribution in [0.4, 0.5) is 0 Å². The Balaban J connectivity index is 1.96. The van der Waals surface area contributed by atoms with Crippen LogP contribution in [0.5, 0.6) is 17.2 Å². The second-order valence-corrected chi connectivity index (χ2v) is 6.76. The highest BCUT2D eigenvalue weighted by Gasteiger charge is 2.21. The number of amides is 1. The number of benzene rings is 2. The van der Waals surface area contributed by atoms with E-state index < -0.39 is 0 Å². The Kier molecular flexibility index (Phi) is 6.50. The third-order valence-electron chi connectivity index (χ3n) is 4.41. The van der Waals surface area contributed by atoms with Gasteiger partial charge in [0.1, 0.15) is 5.75 Å². The van der Waals surface area contributed by atoms with Gasteiger partial charge in [-0.05, 0) is 35.4 Å². The third-order valence-corrected chi connectivity index (χ3v) is 4.41. The topological polar surface area (TPSA) is 56.8 Å². The number of methoxy groups -OCH3 is 3. The van der Waals surface area contributed by atoms with Crippen LogP contribution in [0.1, 0.15) is 25.0 Å². The normalized spacial score (nSPS) is 11.0. The van der Waals surface area contributed by atoms with Crippen LogP contribution in [-0.4, -0.2) is 33.8 Å². The Labute approximate surface area is 155 Å². The van der Waals surface area contributed by atoms with Gasteiger partial charge in [0, 0.05) is 12.0 Å². The molecule has 26 heavy (non-hydrogen) atoms. The highest BCUT2D eigenvalue weighted by molar-refractivity contribution is 5.79. The van der Waals surface area contributed by atoms with Crippen molar-refractivity contribution in [1.29, 1.82) is 0 Å². The molecule has 2 aromatic rings. The van der Waals surface area contributed by atoms with Crippen LogP contribution in [0.25, 0.3) is 0 Å².